The molecule has 2 rings (SSSR count). The number of hydrogen-bond acceptors (Lipinski definition) is 2. The fraction of sp³-hybridized carbons (Fsp3) is 0.500. The van der Waals surface area contributed by atoms with Gasteiger partial charge in [0.1, 0.15) is 0 Å². The maximum atomic E-state index is 11.6. The van der Waals surface area contributed by atoms with E-state index in [2.05, 4.69) is 17.9 Å². The van der Waals surface area contributed by atoms with Gasteiger partial charge in [-0.05, 0) is 25.1 Å². The molecule has 0 aliphatic rings. The number of unbranched alkanes of at least 4 members (excludes halogenated alkanes) is 7. The van der Waals surface area contributed by atoms with Gasteiger partial charge < -0.3 is 5.32 Å². The molecule has 1 N–H and O–H groups in total. The average Bonchev–Trinajstić information content (AvgIpc) is 3.34. The summed E-state index contributed by atoms with van der Waals surface area (Å²) in [5.74, 6) is 1.19. The van der Waals surface area contributed by atoms with Gasteiger partial charge in [-0.15, -0.1) is 0 Å². The fourth-order valence-electron chi connectivity index (χ4n) is 2.60. The summed E-state index contributed by atoms with van der Waals surface area (Å²) in [5, 5.41) is 2.96. The van der Waals surface area contributed by atoms with E-state index in [1.54, 1.807) is 0 Å². The zero-order valence-corrected chi connectivity index (χ0v) is 17.7. The second kappa shape index (κ2) is 18.8. The topological polar surface area (TPSA) is 29.1 Å². The third-order valence-electron chi connectivity index (χ3n) is 4.09. The van der Waals surface area contributed by atoms with Crippen LogP contribution in [0.1, 0.15) is 63.4 Å². The average molecular weight is 415 g/mol. The Morgan fingerprint density at radius 1 is 0.885 bits per heavy atom. The van der Waals surface area contributed by atoms with Gasteiger partial charge in [-0.25, -0.2) is 18.2 Å². The van der Waals surface area contributed by atoms with E-state index < -0.39 is 0 Å². The Bertz CT molecular complexity index is 479. The molecule has 0 radical (unpaired) electrons. The standard InChI is InChI=1S/C17H28NOS.C5H5.Fe/c19-17(18-15-16-11-8-9-12-16)13-7-5-3-1-2-4-6-10-14-20;1-2-4-5-3-1;/h8-9,11-12,20H,1-7,10,13-15H2,(H,18,19);1-5H;/q2*-1;+2. The number of rotatable bonds is 12. The van der Waals surface area contributed by atoms with Crippen molar-refractivity contribution >= 4 is 18.5 Å². The molecule has 1 amide bonds. The molecular weight excluding hydrogens is 382 g/mol. The monoisotopic (exact) mass is 415 g/mol. The van der Waals surface area contributed by atoms with Gasteiger partial charge in [0.25, 0.3) is 0 Å². The Balaban J connectivity index is 0.000000893. The van der Waals surface area contributed by atoms with E-state index in [1.165, 1.54) is 50.5 Å². The van der Waals surface area contributed by atoms with E-state index in [4.69, 9.17) is 0 Å². The minimum atomic E-state index is 0. The maximum Gasteiger partial charge on any atom is 2.00 e. The van der Waals surface area contributed by atoms with Crippen molar-refractivity contribution in [2.75, 3.05) is 5.75 Å². The Labute approximate surface area is 175 Å². The number of amides is 1. The molecule has 0 saturated heterocycles. The largest absolute Gasteiger partial charge is 2.00 e. The first-order valence-electron chi connectivity index (χ1n) is 9.58. The molecule has 146 valence electrons. The van der Waals surface area contributed by atoms with E-state index >= 15 is 0 Å². The molecule has 0 aromatic heterocycles. The van der Waals surface area contributed by atoms with Crippen molar-refractivity contribution in [2.24, 2.45) is 0 Å². The van der Waals surface area contributed by atoms with Crippen molar-refractivity contribution < 1.29 is 21.9 Å². The Hall–Kier alpha value is -0.961. The molecule has 4 heteroatoms. The first-order valence-corrected chi connectivity index (χ1v) is 10.2. The first-order chi connectivity index (χ1) is 12.3. The van der Waals surface area contributed by atoms with Crippen LogP contribution >= 0.6 is 12.6 Å². The van der Waals surface area contributed by atoms with Crippen molar-refractivity contribution in [2.45, 2.75) is 64.3 Å². The second-order valence-corrected chi connectivity index (χ2v) is 6.78. The van der Waals surface area contributed by atoms with Crippen LogP contribution in [0.25, 0.3) is 0 Å². The summed E-state index contributed by atoms with van der Waals surface area (Å²) < 4.78 is 0. The van der Waals surface area contributed by atoms with Gasteiger partial charge in [0.05, 0.1) is 0 Å². The van der Waals surface area contributed by atoms with Gasteiger partial charge in [0.2, 0.25) is 5.91 Å². The smallest absolute Gasteiger partial charge is 0.364 e. The van der Waals surface area contributed by atoms with Crippen molar-refractivity contribution in [3.8, 4) is 0 Å². The molecule has 0 unspecified atom stereocenters. The summed E-state index contributed by atoms with van der Waals surface area (Å²) in [5.41, 5.74) is 1.18. The van der Waals surface area contributed by atoms with Gasteiger partial charge in [-0.1, -0.05) is 38.5 Å². The van der Waals surface area contributed by atoms with Crippen LogP contribution in [0.15, 0.2) is 54.6 Å². The van der Waals surface area contributed by atoms with Crippen molar-refractivity contribution in [1.82, 2.24) is 5.32 Å². The van der Waals surface area contributed by atoms with Crippen LogP contribution in [0.4, 0.5) is 0 Å². The normalized spacial score (nSPS) is 9.73. The molecular formula is C22H33FeNOS. The summed E-state index contributed by atoms with van der Waals surface area (Å²) in [6, 6.07) is 18.1. The number of carbonyl (C=O) groups is 1. The Kier molecular flexibility index (Phi) is 18.1. The van der Waals surface area contributed by atoms with Gasteiger partial charge in [-0.2, -0.15) is 54.6 Å². The number of hydrogen-bond donors (Lipinski definition) is 2. The quantitative estimate of drug-likeness (QED) is 0.193. The van der Waals surface area contributed by atoms with Crippen LogP contribution < -0.4 is 5.32 Å². The first kappa shape index (κ1) is 25.0. The van der Waals surface area contributed by atoms with Crippen LogP contribution in [0.2, 0.25) is 0 Å². The summed E-state index contributed by atoms with van der Waals surface area (Å²) >= 11 is 4.21. The van der Waals surface area contributed by atoms with Crippen LogP contribution in [-0.4, -0.2) is 11.7 Å². The van der Waals surface area contributed by atoms with E-state index in [1.807, 2.05) is 54.6 Å². The summed E-state index contributed by atoms with van der Waals surface area (Å²) in [7, 11) is 0. The zero-order valence-electron chi connectivity index (χ0n) is 15.7. The number of carbonyl (C=O) groups excluding carboxylic acids is 1. The molecule has 0 spiro atoms. The number of thiol groups is 1. The molecule has 0 fully saturated rings. The zero-order chi connectivity index (χ0) is 18.0. The Morgan fingerprint density at radius 3 is 2.00 bits per heavy atom. The van der Waals surface area contributed by atoms with E-state index in [0.717, 1.165) is 12.2 Å². The Morgan fingerprint density at radius 2 is 1.50 bits per heavy atom. The van der Waals surface area contributed by atoms with E-state index in [-0.39, 0.29) is 23.0 Å². The van der Waals surface area contributed by atoms with Gasteiger partial charge in [-0.3, -0.25) is 4.79 Å². The summed E-state index contributed by atoms with van der Waals surface area (Å²) in [4.78, 5) is 11.6. The fourth-order valence-corrected chi connectivity index (χ4v) is 2.82. The molecule has 0 saturated carbocycles. The second-order valence-electron chi connectivity index (χ2n) is 6.33. The minimum absolute atomic E-state index is 0. The van der Waals surface area contributed by atoms with Gasteiger partial charge in [0, 0.05) is 6.42 Å². The summed E-state index contributed by atoms with van der Waals surface area (Å²) in [6.07, 6.45) is 10.6. The molecule has 2 nitrogen and oxygen atoms in total. The molecule has 2 aromatic rings. The van der Waals surface area contributed by atoms with E-state index in [9.17, 15) is 4.79 Å². The van der Waals surface area contributed by atoms with Crippen LogP contribution in [0.5, 0.6) is 0 Å². The predicted octanol–water partition coefficient (Wildman–Crippen LogP) is 5.87. The molecule has 0 heterocycles. The van der Waals surface area contributed by atoms with Crippen molar-refractivity contribution in [3.63, 3.8) is 0 Å². The van der Waals surface area contributed by atoms with Crippen molar-refractivity contribution in [1.29, 1.82) is 0 Å². The molecule has 0 atom stereocenters. The van der Waals surface area contributed by atoms with Crippen LogP contribution in [-0.2, 0) is 28.4 Å². The molecule has 0 aliphatic carbocycles. The van der Waals surface area contributed by atoms with Crippen LogP contribution in [0.3, 0.4) is 0 Å². The molecule has 0 bridgehead atoms. The maximum absolute atomic E-state index is 11.6. The minimum Gasteiger partial charge on any atom is -0.364 e. The van der Waals surface area contributed by atoms with Crippen molar-refractivity contribution in [3.05, 3.63) is 60.2 Å². The third-order valence-corrected chi connectivity index (χ3v) is 4.41. The van der Waals surface area contributed by atoms with Gasteiger partial charge in [0.15, 0.2) is 0 Å². The molecule has 26 heavy (non-hydrogen) atoms. The van der Waals surface area contributed by atoms with E-state index in [0.29, 0.717) is 13.0 Å². The summed E-state index contributed by atoms with van der Waals surface area (Å²) in [6.45, 7) is 0.664. The third kappa shape index (κ3) is 15.3. The predicted molar refractivity (Wildman–Crippen MR) is 111 cm³/mol. The van der Waals surface area contributed by atoms with Crippen LogP contribution in [0, 0.1) is 0 Å². The number of nitrogens with one attached hydrogen (secondary N) is 1. The molecule has 0 aliphatic heterocycles. The van der Waals surface area contributed by atoms with Gasteiger partial charge >= 0.3 is 17.1 Å². The SMILES string of the molecule is O=C(CCCCCCCCCCS)NCc1cc[cH-]c1.[Fe+2].c1cc[cH-]c1. The molecule has 2 aromatic carbocycles.